The molecular weight excluding hydrogens is 329 g/mol. The predicted octanol–water partition coefficient (Wildman–Crippen LogP) is 3.10. The zero-order valence-electron chi connectivity index (χ0n) is 14.6. The van der Waals surface area contributed by atoms with Crippen LogP contribution in [0.1, 0.15) is 0 Å². The van der Waals surface area contributed by atoms with E-state index in [0.29, 0.717) is 11.4 Å². The zero-order chi connectivity index (χ0) is 17.9. The molecule has 0 atom stereocenters. The van der Waals surface area contributed by atoms with Gasteiger partial charge in [-0.15, -0.1) is 10.2 Å². The number of hydrogen-bond acceptors (Lipinski definition) is 5. The van der Waals surface area contributed by atoms with Crippen molar-refractivity contribution >= 4 is 5.82 Å². The van der Waals surface area contributed by atoms with Crippen LogP contribution in [0.25, 0.3) is 22.6 Å². The summed E-state index contributed by atoms with van der Waals surface area (Å²) in [4.78, 5) is 9.22. The van der Waals surface area contributed by atoms with Gasteiger partial charge in [-0.2, -0.15) is 0 Å². The summed E-state index contributed by atoms with van der Waals surface area (Å²) in [5.41, 5.74) is 2.06. The molecule has 1 aliphatic rings. The highest BCUT2D eigenvalue weighted by Gasteiger charge is 2.22. The first-order chi connectivity index (χ1) is 12.7. The highest BCUT2D eigenvalue weighted by atomic mass is 19.1. The molecule has 0 bridgehead atoms. The number of hydrogen-bond donors (Lipinski definition) is 0. The van der Waals surface area contributed by atoms with Crippen LogP contribution in [0, 0.1) is 5.82 Å². The molecule has 26 heavy (non-hydrogen) atoms. The molecule has 1 aromatic heterocycles. The lowest BCUT2D eigenvalue weighted by atomic mass is 10.1. The van der Waals surface area contributed by atoms with E-state index in [4.69, 9.17) is 4.98 Å². The van der Waals surface area contributed by atoms with Crippen LogP contribution in [0.3, 0.4) is 0 Å². The van der Waals surface area contributed by atoms with Gasteiger partial charge in [-0.1, -0.05) is 42.5 Å². The van der Waals surface area contributed by atoms with Crippen LogP contribution in [0.2, 0.25) is 0 Å². The molecule has 0 saturated carbocycles. The number of piperazine rings is 1. The molecule has 1 saturated heterocycles. The van der Waals surface area contributed by atoms with E-state index in [9.17, 15) is 4.39 Å². The van der Waals surface area contributed by atoms with Crippen molar-refractivity contribution in [2.45, 2.75) is 0 Å². The summed E-state index contributed by atoms with van der Waals surface area (Å²) in [6.07, 6.45) is 0. The van der Waals surface area contributed by atoms with Gasteiger partial charge in [0.15, 0.2) is 11.6 Å². The summed E-state index contributed by atoms with van der Waals surface area (Å²) in [6, 6.07) is 16.4. The molecule has 2 heterocycles. The summed E-state index contributed by atoms with van der Waals surface area (Å²) < 4.78 is 14.2. The average Bonchev–Trinajstić information content (AvgIpc) is 2.69. The Labute approximate surface area is 152 Å². The monoisotopic (exact) mass is 349 g/mol. The van der Waals surface area contributed by atoms with Crippen LogP contribution in [0.5, 0.6) is 0 Å². The predicted molar refractivity (Wildman–Crippen MR) is 100 cm³/mol. The van der Waals surface area contributed by atoms with Gasteiger partial charge in [-0.25, -0.2) is 9.37 Å². The van der Waals surface area contributed by atoms with Gasteiger partial charge in [0.25, 0.3) is 0 Å². The maximum Gasteiger partial charge on any atom is 0.186 e. The molecule has 0 N–H and O–H groups in total. The van der Waals surface area contributed by atoms with Crippen molar-refractivity contribution in [2.24, 2.45) is 0 Å². The Kier molecular flexibility index (Phi) is 4.58. The number of halogens is 1. The van der Waals surface area contributed by atoms with Crippen molar-refractivity contribution in [2.75, 3.05) is 38.1 Å². The fourth-order valence-electron chi connectivity index (χ4n) is 3.10. The molecule has 132 valence electrons. The Bertz CT molecular complexity index is 892. The van der Waals surface area contributed by atoms with Gasteiger partial charge in [0.2, 0.25) is 0 Å². The first-order valence-electron chi connectivity index (χ1n) is 8.71. The molecule has 6 heteroatoms. The maximum atomic E-state index is 14.2. The van der Waals surface area contributed by atoms with Gasteiger partial charge >= 0.3 is 0 Å². The minimum Gasteiger partial charge on any atom is -0.352 e. The summed E-state index contributed by atoms with van der Waals surface area (Å²) >= 11 is 0. The van der Waals surface area contributed by atoms with Crippen LogP contribution in [0.4, 0.5) is 10.2 Å². The summed E-state index contributed by atoms with van der Waals surface area (Å²) in [7, 11) is 2.11. The number of aromatic nitrogens is 3. The molecular formula is C20H20FN5. The van der Waals surface area contributed by atoms with Gasteiger partial charge in [0.1, 0.15) is 11.5 Å². The topological polar surface area (TPSA) is 45.2 Å². The van der Waals surface area contributed by atoms with Gasteiger partial charge in [-0.3, -0.25) is 0 Å². The number of nitrogens with zero attached hydrogens (tertiary/aromatic N) is 5. The lowest BCUT2D eigenvalue weighted by molar-refractivity contribution is 0.312. The smallest absolute Gasteiger partial charge is 0.186 e. The van der Waals surface area contributed by atoms with Crippen LogP contribution < -0.4 is 4.90 Å². The number of rotatable bonds is 3. The molecule has 4 rings (SSSR count). The maximum absolute atomic E-state index is 14.2. The average molecular weight is 349 g/mol. The summed E-state index contributed by atoms with van der Waals surface area (Å²) in [6.45, 7) is 3.61. The van der Waals surface area contributed by atoms with Crippen molar-refractivity contribution in [3.63, 3.8) is 0 Å². The van der Waals surface area contributed by atoms with Crippen LogP contribution >= 0.6 is 0 Å². The molecule has 0 unspecified atom stereocenters. The van der Waals surface area contributed by atoms with Crippen LogP contribution in [-0.2, 0) is 0 Å². The van der Waals surface area contributed by atoms with Crippen molar-refractivity contribution in [3.8, 4) is 22.6 Å². The summed E-state index contributed by atoms with van der Waals surface area (Å²) in [5, 5.41) is 8.64. The van der Waals surface area contributed by atoms with Crippen molar-refractivity contribution in [1.82, 2.24) is 20.1 Å². The summed E-state index contributed by atoms with van der Waals surface area (Å²) in [5.74, 6) is 0.736. The lowest BCUT2D eigenvalue weighted by Gasteiger charge is -2.33. The number of benzene rings is 2. The fourth-order valence-corrected chi connectivity index (χ4v) is 3.10. The van der Waals surface area contributed by atoms with E-state index < -0.39 is 0 Å². The molecule has 0 radical (unpaired) electrons. The molecule has 1 fully saturated rings. The quantitative estimate of drug-likeness (QED) is 0.727. The van der Waals surface area contributed by atoms with Gasteiger partial charge < -0.3 is 9.80 Å². The van der Waals surface area contributed by atoms with Crippen LogP contribution in [0.15, 0.2) is 54.6 Å². The Morgan fingerprint density at radius 2 is 1.54 bits per heavy atom. The third-order valence-corrected chi connectivity index (χ3v) is 4.63. The normalized spacial score (nSPS) is 15.2. The van der Waals surface area contributed by atoms with E-state index in [2.05, 4.69) is 27.0 Å². The van der Waals surface area contributed by atoms with E-state index in [1.54, 1.807) is 18.2 Å². The highest BCUT2D eigenvalue weighted by Crippen LogP contribution is 2.29. The Hall–Kier alpha value is -2.86. The van der Waals surface area contributed by atoms with E-state index in [1.807, 2.05) is 30.3 Å². The molecule has 0 amide bonds. The number of anilines is 1. The second-order valence-corrected chi connectivity index (χ2v) is 6.44. The molecule has 0 aliphatic carbocycles. The Morgan fingerprint density at radius 3 is 2.27 bits per heavy atom. The van der Waals surface area contributed by atoms with Crippen molar-refractivity contribution in [1.29, 1.82) is 0 Å². The standard InChI is InChI=1S/C20H20FN5/c1-25-11-13-26(14-12-25)20-18(15-7-3-2-4-8-15)23-24-19(22-20)16-9-5-6-10-17(16)21/h2-10H,11-14H2,1H3. The second kappa shape index (κ2) is 7.17. The zero-order valence-corrected chi connectivity index (χ0v) is 14.6. The van der Waals surface area contributed by atoms with E-state index in [0.717, 1.165) is 43.3 Å². The molecule has 1 aliphatic heterocycles. The third-order valence-electron chi connectivity index (χ3n) is 4.63. The molecule has 3 aromatic rings. The van der Waals surface area contributed by atoms with Gasteiger partial charge in [-0.05, 0) is 19.2 Å². The minimum atomic E-state index is -0.342. The molecule has 0 spiro atoms. The molecule has 2 aromatic carbocycles. The second-order valence-electron chi connectivity index (χ2n) is 6.44. The van der Waals surface area contributed by atoms with E-state index in [1.165, 1.54) is 6.07 Å². The first-order valence-corrected chi connectivity index (χ1v) is 8.71. The SMILES string of the molecule is CN1CCN(c2nc(-c3ccccc3F)nnc2-c2ccccc2)CC1. The lowest BCUT2D eigenvalue weighted by Crippen LogP contribution is -2.45. The minimum absolute atomic E-state index is 0.316. The van der Waals surface area contributed by atoms with Gasteiger partial charge in [0, 0.05) is 31.7 Å². The third kappa shape index (κ3) is 3.28. The Morgan fingerprint density at radius 1 is 0.846 bits per heavy atom. The van der Waals surface area contributed by atoms with E-state index in [-0.39, 0.29) is 5.82 Å². The van der Waals surface area contributed by atoms with E-state index >= 15 is 0 Å². The first kappa shape index (κ1) is 16.6. The van der Waals surface area contributed by atoms with Crippen molar-refractivity contribution in [3.05, 3.63) is 60.4 Å². The van der Waals surface area contributed by atoms with Gasteiger partial charge in [0.05, 0.1) is 5.56 Å². The largest absolute Gasteiger partial charge is 0.352 e. The van der Waals surface area contributed by atoms with Crippen LogP contribution in [-0.4, -0.2) is 53.3 Å². The Balaban J connectivity index is 1.81. The highest BCUT2D eigenvalue weighted by molar-refractivity contribution is 5.73. The van der Waals surface area contributed by atoms with Crippen molar-refractivity contribution < 1.29 is 4.39 Å². The molecule has 5 nitrogen and oxygen atoms in total. The fraction of sp³-hybridized carbons (Fsp3) is 0.250. The number of likely N-dealkylation sites (N-methyl/N-ethyl adjacent to an activating group) is 1.